The Morgan fingerprint density at radius 3 is 2.48 bits per heavy atom. The highest BCUT2D eigenvalue weighted by molar-refractivity contribution is 5.91. The molecule has 0 aliphatic rings. The van der Waals surface area contributed by atoms with Gasteiger partial charge >= 0.3 is 6.36 Å². The van der Waals surface area contributed by atoms with Gasteiger partial charge in [0, 0.05) is 17.3 Å². The average Bonchev–Trinajstić information content (AvgIpc) is 2.61. The number of carbonyl (C=O) groups is 1. The molecule has 3 rings (SSSR count). The summed E-state index contributed by atoms with van der Waals surface area (Å²) in [5, 5.41) is 0. The molecule has 3 N–H and O–H groups in total. The number of amides is 1. The van der Waals surface area contributed by atoms with Gasteiger partial charge in [-0.05, 0) is 17.7 Å². The van der Waals surface area contributed by atoms with E-state index in [4.69, 9.17) is 5.73 Å². The number of benzene rings is 2. The maximum atomic E-state index is 12.6. The summed E-state index contributed by atoms with van der Waals surface area (Å²) in [7, 11) is 0. The van der Waals surface area contributed by atoms with Crippen LogP contribution < -0.4 is 16.0 Å². The molecule has 0 aliphatic carbocycles. The molecule has 27 heavy (non-hydrogen) atoms. The molecule has 0 bridgehead atoms. The van der Waals surface area contributed by atoms with Gasteiger partial charge in [0.25, 0.3) is 11.5 Å². The van der Waals surface area contributed by atoms with Crippen molar-refractivity contribution in [3.8, 4) is 28.1 Å². The predicted octanol–water partition coefficient (Wildman–Crippen LogP) is 3.10. The lowest BCUT2D eigenvalue weighted by Crippen LogP contribution is -2.19. The van der Waals surface area contributed by atoms with Gasteiger partial charge in [0.05, 0.1) is 0 Å². The molecule has 0 saturated heterocycles. The predicted molar refractivity (Wildman–Crippen MR) is 90.9 cm³/mol. The smallest absolute Gasteiger partial charge is 0.405 e. The minimum absolute atomic E-state index is 0.0811. The molecule has 1 amide bonds. The van der Waals surface area contributed by atoms with Gasteiger partial charge in [-0.15, -0.1) is 13.2 Å². The monoisotopic (exact) mass is 375 g/mol. The SMILES string of the molecule is NC(=O)c1c[nH]c(=O)c(-c2cccc(-c3ccccc3OC(F)(F)F)c2)n1. The Balaban J connectivity index is 2.10. The number of aromatic nitrogens is 2. The quantitative estimate of drug-likeness (QED) is 0.732. The van der Waals surface area contributed by atoms with Crippen molar-refractivity contribution < 1.29 is 22.7 Å². The first kappa shape index (κ1) is 18.2. The van der Waals surface area contributed by atoms with Gasteiger partial charge in [0.15, 0.2) is 0 Å². The van der Waals surface area contributed by atoms with Crippen LogP contribution in [0.2, 0.25) is 0 Å². The summed E-state index contributed by atoms with van der Waals surface area (Å²) < 4.78 is 42.0. The molecule has 0 spiro atoms. The fourth-order valence-electron chi connectivity index (χ4n) is 2.48. The third kappa shape index (κ3) is 4.14. The lowest BCUT2D eigenvalue weighted by atomic mass is 10.0. The summed E-state index contributed by atoms with van der Waals surface area (Å²) in [6.45, 7) is 0. The van der Waals surface area contributed by atoms with Gasteiger partial charge in [0.2, 0.25) is 0 Å². The van der Waals surface area contributed by atoms with Crippen LogP contribution in [0.15, 0.2) is 59.5 Å². The van der Waals surface area contributed by atoms with Crippen LogP contribution in [0.3, 0.4) is 0 Å². The Hall–Kier alpha value is -3.62. The number of nitrogens with two attached hydrogens (primary N) is 1. The van der Waals surface area contributed by atoms with Crippen LogP contribution in [-0.4, -0.2) is 22.2 Å². The van der Waals surface area contributed by atoms with Crippen LogP contribution in [0.5, 0.6) is 5.75 Å². The third-order valence-corrected chi connectivity index (χ3v) is 3.60. The molecule has 0 fully saturated rings. The first-order valence-electron chi connectivity index (χ1n) is 7.60. The number of hydrogen-bond acceptors (Lipinski definition) is 4. The summed E-state index contributed by atoms with van der Waals surface area (Å²) in [5.41, 5.74) is 5.22. The largest absolute Gasteiger partial charge is 0.573 e. The number of hydrogen-bond donors (Lipinski definition) is 2. The van der Waals surface area contributed by atoms with Crippen molar-refractivity contribution in [2.75, 3.05) is 0 Å². The molecule has 0 saturated carbocycles. The number of rotatable bonds is 4. The first-order valence-corrected chi connectivity index (χ1v) is 7.60. The summed E-state index contributed by atoms with van der Waals surface area (Å²) in [5.74, 6) is -1.21. The van der Waals surface area contributed by atoms with Gasteiger partial charge in [-0.3, -0.25) is 9.59 Å². The number of ether oxygens (including phenoxy) is 1. The molecule has 0 radical (unpaired) electrons. The molecule has 1 aromatic heterocycles. The number of halogens is 3. The number of nitrogens with zero attached hydrogens (tertiary/aromatic N) is 1. The zero-order chi connectivity index (χ0) is 19.6. The van der Waals surface area contributed by atoms with Crippen molar-refractivity contribution in [3.63, 3.8) is 0 Å². The Kier molecular flexibility index (Phi) is 4.68. The van der Waals surface area contributed by atoms with Crippen molar-refractivity contribution in [2.24, 2.45) is 5.73 Å². The number of H-pyrrole nitrogens is 1. The number of carbonyl (C=O) groups excluding carboxylic acids is 1. The topological polar surface area (TPSA) is 98.1 Å². The van der Waals surface area contributed by atoms with Gasteiger partial charge in [0.1, 0.15) is 17.1 Å². The fourth-order valence-corrected chi connectivity index (χ4v) is 2.48. The normalized spacial score (nSPS) is 11.2. The van der Waals surface area contributed by atoms with Crippen LogP contribution in [0.25, 0.3) is 22.4 Å². The van der Waals surface area contributed by atoms with E-state index in [0.29, 0.717) is 11.1 Å². The second kappa shape index (κ2) is 6.94. The van der Waals surface area contributed by atoms with Crippen molar-refractivity contribution >= 4 is 5.91 Å². The van der Waals surface area contributed by atoms with E-state index in [1.807, 2.05) is 0 Å². The van der Waals surface area contributed by atoms with Crippen molar-refractivity contribution in [2.45, 2.75) is 6.36 Å². The number of primary amides is 1. The number of nitrogens with one attached hydrogen (secondary N) is 1. The van der Waals surface area contributed by atoms with Crippen LogP contribution in [0, 0.1) is 0 Å². The van der Waals surface area contributed by atoms with E-state index >= 15 is 0 Å². The maximum absolute atomic E-state index is 12.6. The van der Waals surface area contributed by atoms with Gasteiger partial charge in [-0.25, -0.2) is 4.98 Å². The van der Waals surface area contributed by atoms with E-state index in [0.717, 1.165) is 6.20 Å². The van der Waals surface area contributed by atoms with Crippen molar-refractivity contribution in [3.05, 3.63) is 70.8 Å². The van der Waals surface area contributed by atoms with E-state index in [-0.39, 0.29) is 22.7 Å². The van der Waals surface area contributed by atoms with E-state index in [2.05, 4.69) is 14.7 Å². The average molecular weight is 375 g/mol. The summed E-state index contributed by atoms with van der Waals surface area (Å²) in [6, 6.07) is 11.7. The van der Waals surface area contributed by atoms with Gasteiger partial charge in [-0.2, -0.15) is 0 Å². The van der Waals surface area contributed by atoms with E-state index in [9.17, 15) is 22.8 Å². The summed E-state index contributed by atoms with van der Waals surface area (Å²) >= 11 is 0. The molecule has 9 heteroatoms. The standard InChI is InChI=1S/C18H12F3N3O3/c19-18(20,21)27-14-7-2-1-6-12(14)10-4-3-5-11(8-10)15-17(26)23-9-13(24-15)16(22)25/h1-9H,(H2,22,25)(H,23,26). The molecule has 0 atom stereocenters. The molecule has 1 heterocycles. The van der Waals surface area contributed by atoms with E-state index < -0.39 is 17.8 Å². The maximum Gasteiger partial charge on any atom is 0.573 e. The minimum Gasteiger partial charge on any atom is -0.405 e. The highest BCUT2D eigenvalue weighted by Gasteiger charge is 2.32. The van der Waals surface area contributed by atoms with Crippen LogP contribution in [-0.2, 0) is 0 Å². The lowest BCUT2D eigenvalue weighted by Gasteiger charge is -2.13. The van der Waals surface area contributed by atoms with Gasteiger partial charge < -0.3 is 15.5 Å². The Bertz CT molecular complexity index is 1060. The number of alkyl halides is 3. The first-order chi connectivity index (χ1) is 12.7. The van der Waals surface area contributed by atoms with Crippen LogP contribution in [0.4, 0.5) is 13.2 Å². The molecular formula is C18H12F3N3O3. The van der Waals surface area contributed by atoms with E-state index in [1.165, 1.54) is 24.3 Å². The van der Waals surface area contributed by atoms with Crippen molar-refractivity contribution in [1.29, 1.82) is 0 Å². The highest BCUT2D eigenvalue weighted by Crippen LogP contribution is 2.34. The number of para-hydroxylation sites is 1. The molecule has 138 valence electrons. The van der Waals surface area contributed by atoms with Crippen LogP contribution in [0.1, 0.15) is 10.5 Å². The van der Waals surface area contributed by atoms with Crippen LogP contribution >= 0.6 is 0 Å². The Morgan fingerprint density at radius 2 is 1.78 bits per heavy atom. The highest BCUT2D eigenvalue weighted by atomic mass is 19.4. The summed E-state index contributed by atoms with van der Waals surface area (Å²) in [6.07, 6.45) is -3.76. The minimum atomic E-state index is -4.85. The zero-order valence-corrected chi connectivity index (χ0v) is 13.6. The second-order valence-corrected chi connectivity index (χ2v) is 5.45. The molecule has 2 aromatic carbocycles. The molecule has 0 aliphatic heterocycles. The fraction of sp³-hybridized carbons (Fsp3) is 0.0556. The molecule has 3 aromatic rings. The summed E-state index contributed by atoms with van der Waals surface area (Å²) in [4.78, 5) is 29.6. The Labute approximate surface area is 150 Å². The molecule has 0 unspecified atom stereocenters. The van der Waals surface area contributed by atoms with E-state index in [1.54, 1.807) is 24.3 Å². The van der Waals surface area contributed by atoms with Gasteiger partial charge in [-0.1, -0.05) is 36.4 Å². The molecule has 6 nitrogen and oxygen atoms in total. The number of aromatic amines is 1. The van der Waals surface area contributed by atoms with Crippen molar-refractivity contribution in [1.82, 2.24) is 9.97 Å². The third-order valence-electron chi connectivity index (χ3n) is 3.60. The zero-order valence-electron chi connectivity index (χ0n) is 13.6. The Morgan fingerprint density at radius 1 is 1.07 bits per heavy atom. The second-order valence-electron chi connectivity index (χ2n) is 5.45. The lowest BCUT2D eigenvalue weighted by molar-refractivity contribution is -0.274. The molecular weight excluding hydrogens is 363 g/mol.